The van der Waals surface area contributed by atoms with Gasteiger partial charge < -0.3 is 15.2 Å². The Labute approximate surface area is 299 Å². The Bertz CT molecular complexity index is 1020. The maximum Gasteiger partial charge on any atom is 0.322 e. The quantitative estimate of drug-likeness (QED) is 0.0409. The van der Waals surface area contributed by atoms with Crippen molar-refractivity contribution in [2.24, 2.45) is 0 Å². The molecule has 0 saturated heterocycles. The van der Waals surface area contributed by atoms with Crippen LogP contribution < -0.4 is 5.32 Å². The average molecular weight is 680 g/mol. The molecule has 276 valence electrons. The smallest absolute Gasteiger partial charge is 0.322 e. The molecule has 0 fully saturated rings. The third kappa shape index (κ3) is 37.3. The van der Waals surface area contributed by atoms with Gasteiger partial charge in [-0.3, -0.25) is 14.4 Å². The molecule has 1 atom stereocenters. The monoisotopic (exact) mass is 680 g/mol. The van der Waals surface area contributed by atoms with Crippen LogP contribution in [0.3, 0.4) is 0 Å². The van der Waals surface area contributed by atoms with E-state index >= 15 is 0 Å². The second-order valence-corrected chi connectivity index (χ2v) is 12.4. The minimum Gasteiger partial charge on any atom is -0.480 e. The van der Waals surface area contributed by atoms with Gasteiger partial charge in [0.1, 0.15) is 12.6 Å². The Morgan fingerprint density at radius 1 is 0.571 bits per heavy atom. The second kappa shape index (κ2) is 37.4. The van der Waals surface area contributed by atoms with Crippen LogP contribution >= 0.6 is 0 Å². The molecule has 6 nitrogen and oxygen atoms in total. The molecule has 0 aromatic rings. The van der Waals surface area contributed by atoms with Gasteiger partial charge in [-0.05, 0) is 96.0 Å². The van der Waals surface area contributed by atoms with Crippen LogP contribution in [0.1, 0.15) is 155 Å². The van der Waals surface area contributed by atoms with E-state index in [1.165, 1.54) is 25.7 Å². The van der Waals surface area contributed by atoms with Gasteiger partial charge in [0.25, 0.3) is 0 Å². The van der Waals surface area contributed by atoms with E-state index in [9.17, 15) is 14.4 Å². The summed E-state index contributed by atoms with van der Waals surface area (Å²) >= 11 is 0. The molecule has 0 radical (unpaired) electrons. The number of esters is 1. The van der Waals surface area contributed by atoms with Gasteiger partial charge in [-0.2, -0.15) is 0 Å². The zero-order valence-electron chi connectivity index (χ0n) is 31.0. The number of carbonyl (C=O) groups excluding carboxylic acids is 2. The molecule has 0 rings (SSSR count). The van der Waals surface area contributed by atoms with E-state index in [2.05, 4.69) is 98.2 Å². The van der Waals surface area contributed by atoms with Crippen molar-refractivity contribution in [2.75, 3.05) is 6.54 Å². The molecule has 0 aliphatic heterocycles. The van der Waals surface area contributed by atoms with Crippen molar-refractivity contribution >= 4 is 17.8 Å². The number of aliphatic carboxylic acids is 1. The zero-order chi connectivity index (χ0) is 35.9. The summed E-state index contributed by atoms with van der Waals surface area (Å²) in [5, 5.41) is 11.1. The first-order chi connectivity index (χ1) is 24.0. The molecule has 0 heterocycles. The van der Waals surface area contributed by atoms with Crippen LogP contribution in [0.2, 0.25) is 0 Å². The van der Waals surface area contributed by atoms with Gasteiger partial charge >= 0.3 is 11.9 Å². The Morgan fingerprint density at radius 3 is 1.63 bits per heavy atom. The van der Waals surface area contributed by atoms with E-state index in [1.54, 1.807) is 0 Å². The molecule has 0 aromatic heterocycles. The highest BCUT2D eigenvalue weighted by Crippen LogP contribution is 2.14. The van der Waals surface area contributed by atoms with E-state index < -0.39 is 5.97 Å². The average Bonchev–Trinajstić information content (AvgIpc) is 3.08. The SMILES string of the molecule is CC/C=C\C/C=C\C/C=C\C/C=C\C/C=C\CCCCCC(=O)OC(/C=C\C/C=C\CCCCCC)CCCCCCC(=O)NCC(=O)O. The minimum absolute atomic E-state index is 0.133. The summed E-state index contributed by atoms with van der Waals surface area (Å²) in [5.74, 6) is -1.40. The molecule has 0 saturated carbocycles. The predicted octanol–water partition coefficient (Wildman–Crippen LogP) is 11.6. The van der Waals surface area contributed by atoms with Gasteiger partial charge in [0.2, 0.25) is 5.91 Å². The van der Waals surface area contributed by atoms with E-state index in [4.69, 9.17) is 9.84 Å². The molecule has 2 N–H and O–H groups in total. The number of rotatable bonds is 33. The summed E-state index contributed by atoms with van der Waals surface area (Å²) in [6, 6.07) is 0. The Morgan fingerprint density at radius 2 is 1.06 bits per heavy atom. The van der Waals surface area contributed by atoms with Crippen LogP contribution in [0.15, 0.2) is 85.1 Å². The Balaban J connectivity index is 4.28. The Kier molecular flexibility index (Phi) is 34.8. The molecule has 0 aromatic carbocycles. The number of carboxylic acid groups (broad SMARTS) is 1. The lowest BCUT2D eigenvalue weighted by atomic mass is 10.1. The summed E-state index contributed by atoms with van der Waals surface area (Å²) in [7, 11) is 0. The molecule has 0 aliphatic carbocycles. The molecule has 6 heteroatoms. The highest BCUT2D eigenvalue weighted by atomic mass is 16.5. The largest absolute Gasteiger partial charge is 0.480 e. The van der Waals surface area contributed by atoms with Crippen LogP contribution in [0.5, 0.6) is 0 Å². The van der Waals surface area contributed by atoms with Crippen molar-refractivity contribution in [2.45, 2.75) is 161 Å². The van der Waals surface area contributed by atoms with Crippen molar-refractivity contribution in [1.29, 1.82) is 0 Å². The normalized spacial score (nSPS) is 13.0. The van der Waals surface area contributed by atoms with Crippen molar-refractivity contribution in [3.63, 3.8) is 0 Å². The summed E-state index contributed by atoms with van der Waals surface area (Å²) in [4.78, 5) is 34.9. The van der Waals surface area contributed by atoms with E-state index in [0.29, 0.717) is 19.3 Å². The molecule has 49 heavy (non-hydrogen) atoms. The lowest BCUT2D eigenvalue weighted by Crippen LogP contribution is -2.28. The second-order valence-electron chi connectivity index (χ2n) is 12.4. The number of hydrogen-bond acceptors (Lipinski definition) is 4. The molecular formula is C43H69NO5. The van der Waals surface area contributed by atoms with Gasteiger partial charge in [0, 0.05) is 12.8 Å². The van der Waals surface area contributed by atoms with Crippen molar-refractivity contribution in [3.05, 3.63) is 85.1 Å². The van der Waals surface area contributed by atoms with Crippen molar-refractivity contribution < 1.29 is 24.2 Å². The van der Waals surface area contributed by atoms with Gasteiger partial charge in [-0.15, -0.1) is 0 Å². The fraction of sp³-hybridized carbons (Fsp3) is 0.605. The number of unbranched alkanes of at least 4 members (excludes halogenated alkanes) is 10. The molecule has 0 bridgehead atoms. The standard InChI is InChI=1S/C43H69NO5/c1-3-5-7-9-11-13-14-15-16-17-18-19-20-21-22-24-26-28-34-38-43(48)49-40(35-31-27-25-23-12-10-8-6-4-2)36-32-29-30-33-37-41(45)44-39-42(46)47/h5,7,11,13,15-16,18-19,21-23,25,31,35,40H,3-4,6,8-10,12,14,17,20,24,26-30,32-34,36-39H2,1-2H3,(H,44,45)(H,46,47)/b7-5-,13-11-,16-15-,19-18-,22-21-,25-23-,35-31-. The highest BCUT2D eigenvalue weighted by Gasteiger charge is 2.11. The van der Waals surface area contributed by atoms with Crippen LogP contribution in [0, 0.1) is 0 Å². The van der Waals surface area contributed by atoms with E-state index in [1.807, 2.05) is 6.08 Å². The first-order valence-corrected chi connectivity index (χ1v) is 19.2. The van der Waals surface area contributed by atoms with E-state index in [0.717, 1.165) is 96.3 Å². The third-order valence-electron chi connectivity index (χ3n) is 7.79. The van der Waals surface area contributed by atoms with Gasteiger partial charge in [-0.1, -0.05) is 131 Å². The number of carbonyl (C=O) groups is 3. The van der Waals surface area contributed by atoms with Crippen molar-refractivity contribution in [1.82, 2.24) is 5.32 Å². The molecule has 0 spiro atoms. The number of nitrogens with one attached hydrogen (secondary N) is 1. The Hall–Kier alpha value is -3.41. The topological polar surface area (TPSA) is 92.7 Å². The summed E-state index contributed by atoms with van der Waals surface area (Å²) in [6.07, 6.45) is 51.4. The van der Waals surface area contributed by atoms with Gasteiger partial charge in [0.05, 0.1) is 0 Å². The molecule has 1 unspecified atom stereocenters. The van der Waals surface area contributed by atoms with Crippen LogP contribution in [-0.4, -0.2) is 35.6 Å². The fourth-order valence-corrected chi connectivity index (χ4v) is 4.96. The fourth-order valence-electron chi connectivity index (χ4n) is 4.96. The first-order valence-electron chi connectivity index (χ1n) is 19.2. The molecule has 0 aliphatic rings. The number of allylic oxidation sites excluding steroid dienone is 13. The molecular weight excluding hydrogens is 610 g/mol. The summed E-state index contributed by atoms with van der Waals surface area (Å²) < 4.78 is 5.86. The van der Waals surface area contributed by atoms with Gasteiger partial charge in [-0.25, -0.2) is 0 Å². The van der Waals surface area contributed by atoms with Crippen molar-refractivity contribution in [3.8, 4) is 0 Å². The summed E-state index contributed by atoms with van der Waals surface area (Å²) in [6.45, 7) is 4.04. The maximum atomic E-state index is 12.6. The van der Waals surface area contributed by atoms with Crippen LogP contribution in [-0.2, 0) is 19.1 Å². The first kappa shape index (κ1) is 45.6. The lowest BCUT2D eigenvalue weighted by molar-refractivity contribution is -0.147. The highest BCUT2D eigenvalue weighted by molar-refractivity contribution is 5.80. The number of hydrogen-bond donors (Lipinski definition) is 2. The zero-order valence-corrected chi connectivity index (χ0v) is 31.0. The maximum absolute atomic E-state index is 12.6. The summed E-state index contributed by atoms with van der Waals surface area (Å²) in [5.41, 5.74) is 0. The number of ether oxygens (including phenoxy) is 1. The van der Waals surface area contributed by atoms with E-state index in [-0.39, 0.29) is 24.5 Å². The number of carboxylic acids is 1. The minimum atomic E-state index is -1.04. The van der Waals surface area contributed by atoms with Crippen LogP contribution in [0.25, 0.3) is 0 Å². The van der Waals surface area contributed by atoms with Gasteiger partial charge in [0.15, 0.2) is 0 Å². The lowest BCUT2D eigenvalue weighted by Gasteiger charge is -2.14. The van der Waals surface area contributed by atoms with Crippen LogP contribution in [0.4, 0.5) is 0 Å². The predicted molar refractivity (Wildman–Crippen MR) is 207 cm³/mol. The number of amides is 1. The third-order valence-corrected chi connectivity index (χ3v) is 7.79. The molecule has 1 amide bonds.